The highest BCUT2D eigenvalue weighted by atomic mass is 16.7. The number of aliphatic carboxylic acids is 1. The topological polar surface area (TPSA) is 175 Å². The molecule has 0 radical (unpaired) electrons. The minimum atomic E-state index is -1.89. The van der Waals surface area contributed by atoms with Crippen molar-refractivity contribution >= 4 is 23.9 Å². The lowest BCUT2D eigenvalue weighted by Crippen LogP contribution is -2.61. The number of hydrogen-bond donors (Lipinski definition) is 3. The molecule has 0 saturated carbocycles. The third-order valence-corrected chi connectivity index (χ3v) is 12.2. The summed E-state index contributed by atoms with van der Waals surface area (Å²) in [5.41, 5.74) is 0. The van der Waals surface area contributed by atoms with Gasteiger partial charge in [0.2, 0.25) is 0 Å². The monoisotopic (exact) mass is 899 g/mol. The minimum Gasteiger partial charge on any atom is -0.479 e. The Morgan fingerprint density at radius 3 is 1.19 bits per heavy atom. The highest BCUT2D eigenvalue weighted by Gasteiger charge is 2.50. The second-order valence-electron chi connectivity index (χ2n) is 18.2. The third-order valence-electron chi connectivity index (χ3n) is 12.2. The van der Waals surface area contributed by atoms with Crippen LogP contribution in [-0.2, 0) is 42.9 Å². The van der Waals surface area contributed by atoms with Gasteiger partial charge in [0.1, 0.15) is 18.8 Å². The Hall–Kier alpha value is -2.28. The fraction of sp³-hybridized carbons (Fsp3) is 0.922. The van der Waals surface area contributed by atoms with E-state index in [0.717, 1.165) is 64.2 Å². The predicted octanol–water partition coefficient (Wildman–Crippen LogP) is 12.0. The molecule has 6 atom stereocenters. The SMILES string of the molecule is CCCCCCCCCCCCCCCCCC(=O)OCC(COC1OC(C(=O)O)C(O)C(O)C1OC(=O)CCCCCCCCCCC)OC(=O)CCCCCCCCCCC. The van der Waals surface area contributed by atoms with Crippen molar-refractivity contribution in [3.63, 3.8) is 0 Å². The number of carbonyl (C=O) groups excluding carboxylic acids is 3. The first-order valence-electron chi connectivity index (χ1n) is 26.0. The van der Waals surface area contributed by atoms with Gasteiger partial charge in [0.05, 0.1) is 6.61 Å². The minimum absolute atomic E-state index is 0.0681. The maximum absolute atomic E-state index is 13.0. The molecule has 1 heterocycles. The molecule has 0 aromatic carbocycles. The van der Waals surface area contributed by atoms with E-state index in [-0.39, 0.29) is 25.9 Å². The molecule has 0 aliphatic carbocycles. The molecule has 0 bridgehead atoms. The lowest BCUT2D eigenvalue weighted by atomic mass is 9.98. The normalized spacial score (nSPS) is 19.2. The van der Waals surface area contributed by atoms with E-state index in [1.54, 1.807) is 0 Å². The summed E-state index contributed by atoms with van der Waals surface area (Å²) in [6.45, 7) is 5.93. The first-order valence-corrected chi connectivity index (χ1v) is 26.0. The van der Waals surface area contributed by atoms with Gasteiger partial charge in [-0.1, -0.05) is 213 Å². The molecule has 0 amide bonds. The van der Waals surface area contributed by atoms with Crippen molar-refractivity contribution in [1.82, 2.24) is 0 Å². The van der Waals surface area contributed by atoms with Gasteiger partial charge in [-0.2, -0.15) is 0 Å². The van der Waals surface area contributed by atoms with Gasteiger partial charge in [-0.05, 0) is 19.3 Å². The summed E-state index contributed by atoms with van der Waals surface area (Å²) < 4.78 is 28.2. The van der Waals surface area contributed by atoms with Crippen LogP contribution in [0.3, 0.4) is 0 Å². The van der Waals surface area contributed by atoms with Gasteiger partial charge in [-0.3, -0.25) is 14.4 Å². The van der Waals surface area contributed by atoms with Crippen LogP contribution in [0, 0.1) is 0 Å². The fourth-order valence-corrected chi connectivity index (χ4v) is 8.13. The summed E-state index contributed by atoms with van der Waals surface area (Å²) in [5.74, 6) is -3.09. The Morgan fingerprint density at radius 1 is 0.460 bits per heavy atom. The number of aliphatic hydroxyl groups excluding tert-OH is 2. The van der Waals surface area contributed by atoms with E-state index in [0.29, 0.717) is 19.3 Å². The lowest BCUT2D eigenvalue weighted by Gasteiger charge is -2.40. The summed E-state index contributed by atoms with van der Waals surface area (Å²) in [6, 6.07) is 0. The van der Waals surface area contributed by atoms with Crippen molar-refractivity contribution in [3.05, 3.63) is 0 Å². The highest BCUT2D eigenvalue weighted by molar-refractivity contribution is 5.74. The first-order chi connectivity index (χ1) is 30.6. The summed E-state index contributed by atoms with van der Waals surface area (Å²) in [6.07, 6.45) is 28.3. The van der Waals surface area contributed by atoms with Crippen molar-refractivity contribution in [2.24, 2.45) is 0 Å². The van der Waals surface area contributed by atoms with E-state index in [1.807, 2.05) is 0 Å². The molecule has 12 heteroatoms. The smallest absolute Gasteiger partial charge is 0.335 e. The van der Waals surface area contributed by atoms with Crippen molar-refractivity contribution in [2.75, 3.05) is 13.2 Å². The zero-order chi connectivity index (χ0) is 46.2. The molecule has 12 nitrogen and oxygen atoms in total. The molecule has 3 N–H and O–H groups in total. The number of carboxylic acid groups (broad SMARTS) is 1. The van der Waals surface area contributed by atoms with Crippen LogP contribution in [0.2, 0.25) is 0 Å². The molecule has 0 aromatic heterocycles. The lowest BCUT2D eigenvalue weighted by molar-refractivity contribution is -0.301. The molecule has 0 aromatic rings. The Labute approximate surface area is 383 Å². The standard InChI is InChI=1S/C51H94O12/c1-4-7-10-13-16-19-20-21-22-23-24-27-28-31-34-37-43(52)59-40-42(61-44(53)38-35-32-29-25-17-14-11-8-5-2)41-60-51-49(47(56)46(55)48(63-51)50(57)58)62-45(54)39-36-33-30-26-18-15-12-9-6-3/h42,46-49,51,55-56H,4-41H2,1-3H3,(H,57,58). The predicted molar refractivity (Wildman–Crippen MR) is 248 cm³/mol. The van der Waals surface area contributed by atoms with Crippen LogP contribution in [-0.4, -0.2) is 89.2 Å². The summed E-state index contributed by atoms with van der Waals surface area (Å²) in [5, 5.41) is 31.2. The third kappa shape index (κ3) is 32.1. The van der Waals surface area contributed by atoms with Crippen LogP contribution in [0.25, 0.3) is 0 Å². The van der Waals surface area contributed by atoms with Gasteiger partial charge < -0.3 is 39.0 Å². The molecular weight excluding hydrogens is 805 g/mol. The molecular formula is C51H94O12. The van der Waals surface area contributed by atoms with Crippen molar-refractivity contribution in [2.45, 2.75) is 289 Å². The molecule has 1 aliphatic rings. The van der Waals surface area contributed by atoms with E-state index in [9.17, 15) is 34.5 Å². The van der Waals surface area contributed by atoms with Crippen molar-refractivity contribution < 1.29 is 58.2 Å². The van der Waals surface area contributed by atoms with Crippen LogP contribution in [0.4, 0.5) is 0 Å². The van der Waals surface area contributed by atoms with E-state index in [2.05, 4.69) is 20.8 Å². The van der Waals surface area contributed by atoms with Crippen LogP contribution in [0.15, 0.2) is 0 Å². The molecule has 370 valence electrons. The number of carbonyl (C=O) groups is 4. The van der Waals surface area contributed by atoms with E-state index in [1.165, 1.54) is 128 Å². The van der Waals surface area contributed by atoms with E-state index >= 15 is 0 Å². The quantitative estimate of drug-likeness (QED) is 0.0300. The largest absolute Gasteiger partial charge is 0.479 e. The average Bonchev–Trinajstić information content (AvgIpc) is 3.26. The molecule has 1 aliphatic heterocycles. The number of carboxylic acids is 1. The van der Waals surface area contributed by atoms with Gasteiger partial charge in [0, 0.05) is 19.3 Å². The zero-order valence-electron chi connectivity index (χ0n) is 40.4. The first kappa shape index (κ1) is 58.7. The maximum atomic E-state index is 13.0. The van der Waals surface area contributed by atoms with Crippen molar-refractivity contribution in [1.29, 1.82) is 0 Å². The molecule has 1 saturated heterocycles. The van der Waals surface area contributed by atoms with Gasteiger partial charge in [-0.15, -0.1) is 0 Å². The molecule has 63 heavy (non-hydrogen) atoms. The summed E-state index contributed by atoms with van der Waals surface area (Å²) in [7, 11) is 0. The van der Waals surface area contributed by atoms with Crippen LogP contribution < -0.4 is 0 Å². The summed E-state index contributed by atoms with van der Waals surface area (Å²) >= 11 is 0. The zero-order valence-corrected chi connectivity index (χ0v) is 40.4. The number of rotatable bonds is 44. The Bertz CT molecular complexity index is 1120. The Balaban J connectivity index is 2.68. The average molecular weight is 899 g/mol. The molecule has 1 rings (SSSR count). The number of esters is 3. The molecule has 1 fully saturated rings. The van der Waals surface area contributed by atoms with E-state index in [4.69, 9.17) is 23.7 Å². The van der Waals surface area contributed by atoms with E-state index < -0.39 is 67.3 Å². The maximum Gasteiger partial charge on any atom is 0.335 e. The second kappa shape index (κ2) is 41.2. The van der Waals surface area contributed by atoms with Gasteiger partial charge in [-0.25, -0.2) is 4.79 Å². The van der Waals surface area contributed by atoms with Crippen LogP contribution in [0.5, 0.6) is 0 Å². The van der Waals surface area contributed by atoms with Crippen LogP contribution in [0.1, 0.15) is 252 Å². The van der Waals surface area contributed by atoms with Crippen LogP contribution >= 0.6 is 0 Å². The Kier molecular flexibility index (Phi) is 38.4. The van der Waals surface area contributed by atoms with Gasteiger partial charge in [0.15, 0.2) is 24.6 Å². The fourth-order valence-electron chi connectivity index (χ4n) is 8.13. The number of hydrogen-bond acceptors (Lipinski definition) is 11. The van der Waals surface area contributed by atoms with Gasteiger partial charge >= 0.3 is 23.9 Å². The highest BCUT2D eigenvalue weighted by Crippen LogP contribution is 2.26. The Morgan fingerprint density at radius 2 is 0.810 bits per heavy atom. The number of unbranched alkanes of at least 4 members (excludes halogenated alkanes) is 30. The number of aliphatic hydroxyl groups is 2. The molecule has 0 spiro atoms. The summed E-state index contributed by atoms with van der Waals surface area (Å²) in [4.78, 5) is 50.6. The van der Waals surface area contributed by atoms with Gasteiger partial charge in [0.25, 0.3) is 0 Å². The molecule has 6 unspecified atom stereocenters. The second-order valence-corrected chi connectivity index (χ2v) is 18.2. The number of ether oxygens (including phenoxy) is 5. The van der Waals surface area contributed by atoms with Crippen molar-refractivity contribution in [3.8, 4) is 0 Å².